The Kier molecular flexibility index (Phi) is 6.12. The van der Waals surface area contributed by atoms with Crippen LogP contribution in [-0.4, -0.2) is 29.1 Å². The van der Waals surface area contributed by atoms with Crippen LogP contribution in [0.1, 0.15) is 44.2 Å². The van der Waals surface area contributed by atoms with Gasteiger partial charge in [-0.15, -0.1) is 0 Å². The number of carboxylic acid groups (broad SMARTS) is 1. The van der Waals surface area contributed by atoms with Crippen molar-refractivity contribution in [2.75, 3.05) is 18.0 Å². The highest BCUT2D eigenvalue weighted by Gasteiger charge is 2.17. The number of pyridine rings is 1. The minimum Gasteiger partial charge on any atom is -0.478 e. The second-order valence-electron chi connectivity index (χ2n) is 7.01. The Bertz CT molecular complexity index is 835. The number of piperidine rings is 1. The summed E-state index contributed by atoms with van der Waals surface area (Å²) in [5.74, 6) is 0.575. The highest BCUT2D eigenvalue weighted by molar-refractivity contribution is 6.16. The Hall–Kier alpha value is -2.82. The highest BCUT2D eigenvalue weighted by Crippen LogP contribution is 2.25. The molecule has 5 heteroatoms. The standard InChI is InChI=1S/C22H26N2O3/c1-16(2)21(22(25)26)18-10-5-4-9-17(18)15-27-20-12-8-11-19(23-20)24-13-6-3-7-14-24/h4-5,8-12H,3,6-7,13-15H2,1-2H3,(H,25,26). The number of carbonyl (C=O) groups is 1. The third-order valence-electron chi connectivity index (χ3n) is 4.77. The normalized spacial score (nSPS) is 13.9. The number of nitrogens with zero attached hydrogens (tertiary/aromatic N) is 2. The zero-order valence-electron chi connectivity index (χ0n) is 15.9. The van der Waals surface area contributed by atoms with Crippen molar-refractivity contribution in [3.63, 3.8) is 0 Å². The van der Waals surface area contributed by atoms with E-state index >= 15 is 0 Å². The Morgan fingerprint density at radius 2 is 1.81 bits per heavy atom. The number of rotatable bonds is 6. The van der Waals surface area contributed by atoms with E-state index in [1.54, 1.807) is 0 Å². The van der Waals surface area contributed by atoms with Crippen LogP contribution in [0, 0.1) is 0 Å². The fourth-order valence-electron chi connectivity index (χ4n) is 3.42. The van der Waals surface area contributed by atoms with Gasteiger partial charge in [-0.2, -0.15) is 4.98 Å². The summed E-state index contributed by atoms with van der Waals surface area (Å²) in [6.07, 6.45) is 3.67. The van der Waals surface area contributed by atoms with Crippen LogP contribution in [-0.2, 0) is 11.4 Å². The molecular weight excluding hydrogens is 340 g/mol. The fraction of sp³-hybridized carbons (Fsp3) is 0.364. The van der Waals surface area contributed by atoms with E-state index in [9.17, 15) is 9.90 Å². The zero-order chi connectivity index (χ0) is 19.2. The van der Waals surface area contributed by atoms with Gasteiger partial charge in [-0.05, 0) is 50.3 Å². The van der Waals surface area contributed by atoms with E-state index in [0.717, 1.165) is 30.0 Å². The summed E-state index contributed by atoms with van der Waals surface area (Å²) in [7, 11) is 0. The summed E-state index contributed by atoms with van der Waals surface area (Å²) in [5, 5.41) is 9.57. The quantitative estimate of drug-likeness (QED) is 0.761. The number of hydrogen-bond donors (Lipinski definition) is 1. The van der Waals surface area contributed by atoms with Crippen molar-refractivity contribution < 1.29 is 14.6 Å². The van der Waals surface area contributed by atoms with E-state index < -0.39 is 5.97 Å². The summed E-state index contributed by atoms with van der Waals surface area (Å²) < 4.78 is 5.92. The van der Waals surface area contributed by atoms with Crippen LogP contribution >= 0.6 is 0 Å². The topological polar surface area (TPSA) is 62.7 Å². The van der Waals surface area contributed by atoms with Crippen molar-refractivity contribution in [3.8, 4) is 5.88 Å². The average Bonchev–Trinajstić information content (AvgIpc) is 2.68. The van der Waals surface area contributed by atoms with E-state index in [-0.39, 0.29) is 6.61 Å². The molecular formula is C22H26N2O3. The summed E-state index contributed by atoms with van der Waals surface area (Å²) in [5.41, 5.74) is 2.61. The van der Waals surface area contributed by atoms with Gasteiger partial charge in [-0.1, -0.05) is 35.9 Å². The molecule has 0 bridgehead atoms. The van der Waals surface area contributed by atoms with E-state index in [2.05, 4.69) is 9.88 Å². The van der Waals surface area contributed by atoms with Crippen LogP contribution in [0.4, 0.5) is 5.82 Å². The van der Waals surface area contributed by atoms with Gasteiger partial charge in [0.15, 0.2) is 0 Å². The molecule has 0 amide bonds. The second kappa shape index (κ2) is 8.71. The molecule has 1 aromatic heterocycles. The number of ether oxygens (including phenoxy) is 1. The van der Waals surface area contributed by atoms with E-state index in [0.29, 0.717) is 17.0 Å². The lowest BCUT2D eigenvalue weighted by Gasteiger charge is -2.27. The van der Waals surface area contributed by atoms with Crippen molar-refractivity contribution >= 4 is 17.4 Å². The SMILES string of the molecule is CC(C)=C(C(=O)O)c1ccccc1COc1cccc(N2CCCCC2)n1. The molecule has 0 saturated carbocycles. The number of aliphatic carboxylic acids is 1. The first-order valence-electron chi connectivity index (χ1n) is 9.40. The molecule has 2 heterocycles. The third kappa shape index (κ3) is 4.67. The molecule has 1 fully saturated rings. The van der Waals surface area contributed by atoms with E-state index in [1.807, 2.05) is 56.3 Å². The molecule has 0 spiro atoms. The molecule has 0 radical (unpaired) electrons. The van der Waals surface area contributed by atoms with Crippen molar-refractivity contribution in [2.45, 2.75) is 39.7 Å². The summed E-state index contributed by atoms with van der Waals surface area (Å²) in [6.45, 7) is 5.95. The average molecular weight is 366 g/mol. The predicted octanol–water partition coefficient (Wildman–Crippen LogP) is 4.53. The zero-order valence-corrected chi connectivity index (χ0v) is 15.9. The lowest BCUT2D eigenvalue weighted by Crippen LogP contribution is -2.30. The van der Waals surface area contributed by atoms with Crippen molar-refractivity contribution in [2.24, 2.45) is 0 Å². The monoisotopic (exact) mass is 366 g/mol. The molecule has 1 aromatic carbocycles. The number of anilines is 1. The number of benzene rings is 1. The summed E-state index contributed by atoms with van der Waals surface area (Å²) in [6, 6.07) is 13.3. The third-order valence-corrected chi connectivity index (χ3v) is 4.77. The Balaban J connectivity index is 1.78. The van der Waals surface area contributed by atoms with Crippen molar-refractivity contribution in [3.05, 3.63) is 59.2 Å². The largest absolute Gasteiger partial charge is 0.478 e. The molecule has 1 saturated heterocycles. The van der Waals surface area contributed by atoms with E-state index in [4.69, 9.17) is 4.74 Å². The first kappa shape index (κ1) is 19.0. The number of hydrogen-bond acceptors (Lipinski definition) is 4. The Labute approximate surface area is 160 Å². The molecule has 0 unspecified atom stereocenters. The molecule has 1 N–H and O–H groups in total. The predicted molar refractivity (Wildman–Crippen MR) is 107 cm³/mol. The maximum Gasteiger partial charge on any atom is 0.336 e. The van der Waals surface area contributed by atoms with Gasteiger partial charge in [0.25, 0.3) is 0 Å². The van der Waals surface area contributed by atoms with Gasteiger partial charge in [0, 0.05) is 19.2 Å². The highest BCUT2D eigenvalue weighted by atomic mass is 16.5. The number of aromatic nitrogens is 1. The minimum atomic E-state index is -0.923. The summed E-state index contributed by atoms with van der Waals surface area (Å²) >= 11 is 0. The molecule has 1 aliphatic rings. The van der Waals surface area contributed by atoms with Crippen LogP contribution in [0.25, 0.3) is 5.57 Å². The van der Waals surface area contributed by atoms with Crippen LogP contribution in [0.5, 0.6) is 5.88 Å². The molecule has 27 heavy (non-hydrogen) atoms. The lowest BCUT2D eigenvalue weighted by atomic mass is 9.97. The van der Waals surface area contributed by atoms with Crippen LogP contribution < -0.4 is 9.64 Å². The summed E-state index contributed by atoms with van der Waals surface area (Å²) in [4.78, 5) is 18.6. The molecule has 3 rings (SSSR count). The van der Waals surface area contributed by atoms with Gasteiger partial charge in [-0.3, -0.25) is 0 Å². The molecule has 0 atom stereocenters. The first-order valence-corrected chi connectivity index (χ1v) is 9.40. The van der Waals surface area contributed by atoms with Gasteiger partial charge in [0.2, 0.25) is 5.88 Å². The first-order chi connectivity index (χ1) is 13.1. The number of allylic oxidation sites excluding steroid dienone is 1. The lowest BCUT2D eigenvalue weighted by molar-refractivity contribution is -0.130. The fourth-order valence-corrected chi connectivity index (χ4v) is 3.42. The van der Waals surface area contributed by atoms with Gasteiger partial charge >= 0.3 is 5.97 Å². The van der Waals surface area contributed by atoms with Gasteiger partial charge in [0.05, 0.1) is 5.57 Å². The van der Waals surface area contributed by atoms with Crippen molar-refractivity contribution in [1.29, 1.82) is 0 Å². The minimum absolute atomic E-state index is 0.274. The van der Waals surface area contributed by atoms with Gasteiger partial charge in [0.1, 0.15) is 12.4 Å². The van der Waals surface area contributed by atoms with Gasteiger partial charge < -0.3 is 14.7 Å². The molecule has 142 valence electrons. The molecule has 2 aromatic rings. The Morgan fingerprint density at radius 1 is 1.07 bits per heavy atom. The second-order valence-corrected chi connectivity index (χ2v) is 7.01. The Morgan fingerprint density at radius 3 is 2.52 bits per heavy atom. The van der Waals surface area contributed by atoms with Crippen LogP contribution in [0.2, 0.25) is 0 Å². The van der Waals surface area contributed by atoms with E-state index in [1.165, 1.54) is 19.3 Å². The molecule has 0 aliphatic carbocycles. The maximum absolute atomic E-state index is 11.7. The smallest absolute Gasteiger partial charge is 0.336 e. The molecule has 1 aliphatic heterocycles. The van der Waals surface area contributed by atoms with Crippen LogP contribution in [0.3, 0.4) is 0 Å². The van der Waals surface area contributed by atoms with Crippen LogP contribution in [0.15, 0.2) is 48.0 Å². The maximum atomic E-state index is 11.7. The number of carboxylic acids is 1. The van der Waals surface area contributed by atoms with Gasteiger partial charge in [-0.25, -0.2) is 4.79 Å². The molecule has 5 nitrogen and oxygen atoms in total. The van der Waals surface area contributed by atoms with Crippen molar-refractivity contribution in [1.82, 2.24) is 4.98 Å².